The molecule has 0 rings (SSSR count). The highest BCUT2D eigenvalue weighted by Crippen LogP contribution is 2.01. The molecule has 0 aliphatic heterocycles. The second-order valence-electron chi connectivity index (χ2n) is 4.60. The monoisotopic (exact) mass is 303 g/mol. The van der Waals surface area contributed by atoms with Crippen LogP contribution in [0.1, 0.15) is 33.1 Å². The fraction of sp³-hybridized carbons (Fsp3) is 0.769. The largest absolute Gasteiger partial charge is 0.481 e. The summed E-state index contributed by atoms with van der Waals surface area (Å²) >= 11 is 0. The number of urea groups is 1. The van der Waals surface area contributed by atoms with Crippen LogP contribution in [-0.4, -0.2) is 65.3 Å². The molecule has 0 aromatic heterocycles. The van der Waals surface area contributed by atoms with Gasteiger partial charge in [0.1, 0.15) is 6.04 Å². The first-order valence-electron chi connectivity index (χ1n) is 7.12. The summed E-state index contributed by atoms with van der Waals surface area (Å²) in [7, 11) is 0. The van der Waals surface area contributed by atoms with Crippen LogP contribution in [-0.2, 0) is 9.59 Å². The molecule has 0 fully saturated rings. The van der Waals surface area contributed by atoms with Crippen LogP contribution < -0.4 is 10.6 Å². The summed E-state index contributed by atoms with van der Waals surface area (Å²) in [6, 6.07) is -1.62. The van der Waals surface area contributed by atoms with E-state index in [4.69, 9.17) is 10.2 Å². The van der Waals surface area contributed by atoms with Crippen LogP contribution in [0.5, 0.6) is 0 Å². The number of hydrogen-bond donors (Lipinski definition) is 4. The van der Waals surface area contributed by atoms with Gasteiger partial charge in [-0.3, -0.25) is 4.79 Å². The van der Waals surface area contributed by atoms with E-state index in [1.807, 2.05) is 13.8 Å². The van der Waals surface area contributed by atoms with E-state index in [1.165, 1.54) is 0 Å². The van der Waals surface area contributed by atoms with Crippen molar-refractivity contribution in [1.82, 2.24) is 15.5 Å². The van der Waals surface area contributed by atoms with Crippen LogP contribution in [0, 0.1) is 0 Å². The average molecular weight is 303 g/mol. The van der Waals surface area contributed by atoms with Crippen molar-refractivity contribution in [2.75, 3.05) is 26.2 Å². The maximum absolute atomic E-state index is 11.6. The van der Waals surface area contributed by atoms with Crippen molar-refractivity contribution >= 4 is 18.0 Å². The molecule has 1 atom stereocenters. The van der Waals surface area contributed by atoms with Crippen LogP contribution >= 0.6 is 0 Å². The Balaban J connectivity index is 4.05. The van der Waals surface area contributed by atoms with Crippen LogP contribution in [0.15, 0.2) is 0 Å². The standard InChI is InChI=1S/C13H25N3O5/c1-3-16(4-2)9-8-14-13(21)15-10(12(19)20)6-5-7-11(17)18/h10H,3-9H2,1-2H3,(H,17,18)(H,19,20)(H2,14,15,21)/t10-/m1/s1. The van der Waals surface area contributed by atoms with Gasteiger partial charge in [-0.2, -0.15) is 0 Å². The summed E-state index contributed by atoms with van der Waals surface area (Å²) in [5.74, 6) is -2.15. The van der Waals surface area contributed by atoms with Crippen molar-refractivity contribution in [3.8, 4) is 0 Å². The third kappa shape index (κ3) is 9.67. The lowest BCUT2D eigenvalue weighted by molar-refractivity contribution is -0.140. The van der Waals surface area contributed by atoms with Gasteiger partial charge in [-0.05, 0) is 25.9 Å². The van der Waals surface area contributed by atoms with E-state index >= 15 is 0 Å². The van der Waals surface area contributed by atoms with E-state index in [9.17, 15) is 14.4 Å². The Labute approximate surface area is 124 Å². The summed E-state index contributed by atoms with van der Waals surface area (Å²) < 4.78 is 0. The first-order chi connectivity index (χ1) is 9.90. The molecule has 8 heteroatoms. The van der Waals surface area contributed by atoms with E-state index in [2.05, 4.69) is 15.5 Å². The van der Waals surface area contributed by atoms with E-state index in [0.717, 1.165) is 13.1 Å². The van der Waals surface area contributed by atoms with Gasteiger partial charge in [-0.15, -0.1) is 0 Å². The molecule has 2 amide bonds. The van der Waals surface area contributed by atoms with Crippen molar-refractivity contribution in [1.29, 1.82) is 0 Å². The van der Waals surface area contributed by atoms with Crippen LogP contribution in [0.25, 0.3) is 0 Å². The van der Waals surface area contributed by atoms with Crippen molar-refractivity contribution in [3.05, 3.63) is 0 Å². The molecular weight excluding hydrogens is 278 g/mol. The van der Waals surface area contributed by atoms with Crippen LogP contribution in [0.2, 0.25) is 0 Å². The summed E-state index contributed by atoms with van der Waals surface area (Å²) in [5.41, 5.74) is 0. The zero-order valence-corrected chi connectivity index (χ0v) is 12.6. The van der Waals surface area contributed by atoms with E-state index < -0.39 is 24.0 Å². The van der Waals surface area contributed by atoms with E-state index in [1.54, 1.807) is 0 Å². The summed E-state index contributed by atoms with van der Waals surface area (Å²) in [6.45, 7) is 6.92. The maximum Gasteiger partial charge on any atom is 0.326 e. The van der Waals surface area contributed by atoms with Crippen molar-refractivity contribution in [2.24, 2.45) is 0 Å². The molecule has 21 heavy (non-hydrogen) atoms. The number of carbonyl (C=O) groups is 3. The Kier molecular flexibility index (Phi) is 9.95. The molecule has 0 unspecified atom stereocenters. The van der Waals surface area contributed by atoms with E-state index in [-0.39, 0.29) is 19.3 Å². The number of likely N-dealkylation sites (N-methyl/N-ethyl adjacent to an activating group) is 1. The molecule has 4 N–H and O–H groups in total. The molecular formula is C13H25N3O5. The molecule has 0 radical (unpaired) electrons. The molecule has 0 aliphatic carbocycles. The quantitative estimate of drug-likeness (QED) is 0.437. The molecule has 0 bridgehead atoms. The zero-order valence-electron chi connectivity index (χ0n) is 12.6. The zero-order chi connectivity index (χ0) is 16.3. The number of amides is 2. The van der Waals surface area contributed by atoms with Gasteiger partial charge in [0.25, 0.3) is 0 Å². The van der Waals surface area contributed by atoms with Gasteiger partial charge >= 0.3 is 18.0 Å². The Hall–Kier alpha value is -1.83. The lowest BCUT2D eigenvalue weighted by Gasteiger charge is -2.19. The molecule has 0 spiro atoms. The fourth-order valence-corrected chi connectivity index (χ4v) is 1.79. The number of hydrogen-bond acceptors (Lipinski definition) is 4. The number of rotatable bonds is 11. The van der Waals surface area contributed by atoms with Crippen molar-refractivity contribution < 1.29 is 24.6 Å². The average Bonchev–Trinajstić information content (AvgIpc) is 2.42. The van der Waals surface area contributed by atoms with Gasteiger partial charge in [-0.25, -0.2) is 9.59 Å². The second-order valence-corrected chi connectivity index (χ2v) is 4.60. The normalized spacial score (nSPS) is 12.0. The predicted octanol–water partition coefficient (Wildman–Crippen LogP) is 0.336. The lowest BCUT2D eigenvalue weighted by atomic mass is 10.1. The SMILES string of the molecule is CCN(CC)CCNC(=O)N[C@H](CCCC(=O)O)C(=O)O. The topological polar surface area (TPSA) is 119 Å². The molecule has 0 heterocycles. The summed E-state index contributed by atoms with van der Waals surface area (Å²) in [6.07, 6.45) is 0.173. The number of carboxylic acid groups (broad SMARTS) is 2. The summed E-state index contributed by atoms with van der Waals surface area (Å²) in [4.78, 5) is 35.1. The van der Waals surface area contributed by atoms with Gasteiger partial charge in [0.2, 0.25) is 0 Å². The first kappa shape index (κ1) is 19.2. The molecule has 0 aliphatic rings. The highest BCUT2D eigenvalue weighted by Gasteiger charge is 2.19. The highest BCUT2D eigenvalue weighted by atomic mass is 16.4. The molecule has 122 valence electrons. The van der Waals surface area contributed by atoms with Gasteiger partial charge in [0.15, 0.2) is 0 Å². The second kappa shape index (κ2) is 10.9. The van der Waals surface area contributed by atoms with Gasteiger partial charge in [-0.1, -0.05) is 13.8 Å². The molecule has 8 nitrogen and oxygen atoms in total. The number of carboxylic acids is 2. The predicted molar refractivity (Wildman–Crippen MR) is 77.2 cm³/mol. The van der Waals surface area contributed by atoms with Gasteiger partial charge in [0.05, 0.1) is 0 Å². The number of nitrogens with one attached hydrogen (secondary N) is 2. The van der Waals surface area contributed by atoms with Crippen LogP contribution in [0.3, 0.4) is 0 Å². The minimum absolute atomic E-state index is 0.0884. The Morgan fingerprint density at radius 3 is 2.24 bits per heavy atom. The van der Waals surface area contributed by atoms with Crippen molar-refractivity contribution in [3.63, 3.8) is 0 Å². The Morgan fingerprint density at radius 1 is 1.14 bits per heavy atom. The van der Waals surface area contributed by atoms with E-state index in [0.29, 0.717) is 13.1 Å². The number of nitrogens with zero attached hydrogens (tertiary/aromatic N) is 1. The first-order valence-corrected chi connectivity index (χ1v) is 7.12. The van der Waals surface area contributed by atoms with Crippen LogP contribution in [0.4, 0.5) is 4.79 Å². The smallest absolute Gasteiger partial charge is 0.326 e. The summed E-state index contributed by atoms with van der Waals surface area (Å²) in [5, 5.41) is 22.4. The minimum atomic E-state index is -1.17. The maximum atomic E-state index is 11.6. The number of aliphatic carboxylic acids is 2. The third-order valence-electron chi connectivity index (χ3n) is 3.09. The third-order valence-corrected chi connectivity index (χ3v) is 3.09. The molecule has 0 aromatic carbocycles. The fourth-order valence-electron chi connectivity index (χ4n) is 1.79. The van der Waals surface area contributed by atoms with Gasteiger partial charge in [0, 0.05) is 19.5 Å². The molecule has 0 saturated carbocycles. The Morgan fingerprint density at radius 2 is 1.76 bits per heavy atom. The molecule has 0 aromatic rings. The minimum Gasteiger partial charge on any atom is -0.481 e. The van der Waals surface area contributed by atoms with Crippen molar-refractivity contribution in [2.45, 2.75) is 39.2 Å². The lowest BCUT2D eigenvalue weighted by Crippen LogP contribution is -2.47. The number of carbonyl (C=O) groups excluding carboxylic acids is 1. The Bertz CT molecular complexity index is 345. The molecule has 0 saturated heterocycles. The highest BCUT2D eigenvalue weighted by molar-refractivity contribution is 5.82. The van der Waals surface area contributed by atoms with Gasteiger partial charge < -0.3 is 25.7 Å².